The number of fused-ring (bicyclic) bond motifs is 1. The largest absolute Gasteiger partial charge is 0.360 e. The molecule has 2 aromatic rings. The van der Waals surface area contributed by atoms with Gasteiger partial charge in [0.25, 0.3) is 5.91 Å². The van der Waals surface area contributed by atoms with Crippen molar-refractivity contribution in [3.8, 4) is 11.3 Å². The van der Waals surface area contributed by atoms with Crippen molar-refractivity contribution >= 4 is 15.7 Å². The summed E-state index contributed by atoms with van der Waals surface area (Å²) in [5.74, 6) is 0.359. The standard InChI is InChI=1S/C18H21N3O4S/c1-12-16(17(19-25-12)13-6-4-3-5-7-13)18(22)21-9-8-20(2)14-10-26(23,24)11-15(14)21/h3-7,14-15H,8-11H2,1-2H3/t14-,15+/m1/s1. The minimum absolute atomic E-state index is 0.0126. The van der Waals surface area contributed by atoms with Crippen molar-refractivity contribution in [2.45, 2.75) is 19.0 Å². The van der Waals surface area contributed by atoms with Crippen LogP contribution in [-0.2, 0) is 9.84 Å². The third-order valence-corrected chi connectivity index (χ3v) is 7.04. The molecule has 0 bridgehead atoms. The van der Waals surface area contributed by atoms with E-state index < -0.39 is 9.84 Å². The van der Waals surface area contributed by atoms with Crippen molar-refractivity contribution < 1.29 is 17.7 Å². The van der Waals surface area contributed by atoms with Gasteiger partial charge in [-0.15, -0.1) is 0 Å². The number of nitrogens with zero attached hydrogens (tertiary/aromatic N) is 3. The number of sulfone groups is 1. The number of carbonyl (C=O) groups excluding carboxylic acids is 1. The van der Waals surface area contributed by atoms with Crippen molar-refractivity contribution in [1.82, 2.24) is 15.0 Å². The topological polar surface area (TPSA) is 83.7 Å². The van der Waals surface area contributed by atoms with E-state index >= 15 is 0 Å². The van der Waals surface area contributed by atoms with Gasteiger partial charge in [-0.25, -0.2) is 8.42 Å². The lowest BCUT2D eigenvalue weighted by atomic mass is 10.0. The smallest absolute Gasteiger partial charge is 0.260 e. The fourth-order valence-electron chi connectivity index (χ4n) is 3.94. The molecular formula is C18H21N3O4S. The van der Waals surface area contributed by atoms with Crippen LogP contribution in [0, 0.1) is 6.92 Å². The molecule has 2 atom stereocenters. The number of likely N-dealkylation sites (N-methyl/N-ethyl adjacent to an activating group) is 1. The molecule has 1 amide bonds. The molecule has 0 unspecified atom stereocenters. The molecule has 4 rings (SSSR count). The average molecular weight is 375 g/mol. The molecule has 1 aromatic carbocycles. The van der Waals surface area contributed by atoms with Crippen LogP contribution in [0.2, 0.25) is 0 Å². The molecule has 8 heteroatoms. The maximum absolute atomic E-state index is 13.3. The van der Waals surface area contributed by atoms with Crippen LogP contribution in [0.3, 0.4) is 0 Å². The zero-order valence-electron chi connectivity index (χ0n) is 14.8. The van der Waals surface area contributed by atoms with Crippen molar-refractivity contribution in [3.63, 3.8) is 0 Å². The number of aromatic nitrogens is 1. The van der Waals surface area contributed by atoms with Gasteiger partial charge in [0.1, 0.15) is 17.0 Å². The summed E-state index contributed by atoms with van der Waals surface area (Å²) in [5, 5.41) is 4.08. The first kappa shape index (κ1) is 17.2. The summed E-state index contributed by atoms with van der Waals surface area (Å²) >= 11 is 0. The fraction of sp³-hybridized carbons (Fsp3) is 0.444. The number of amides is 1. The Balaban J connectivity index is 1.72. The van der Waals surface area contributed by atoms with Crippen molar-refractivity contribution in [3.05, 3.63) is 41.7 Å². The SMILES string of the molecule is Cc1onc(-c2ccccc2)c1C(=O)N1CCN(C)[C@@H]2CS(=O)(=O)C[C@@H]21. The molecule has 1 aromatic heterocycles. The Hall–Kier alpha value is -2.19. The summed E-state index contributed by atoms with van der Waals surface area (Å²) in [6, 6.07) is 8.92. The Labute approximate surface area is 152 Å². The number of rotatable bonds is 2. The Kier molecular flexibility index (Phi) is 4.11. The minimum atomic E-state index is -3.14. The van der Waals surface area contributed by atoms with E-state index in [-0.39, 0.29) is 29.5 Å². The Morgan fingerprint density at radius 2 is 1.85 bits per heavy atom. The lowest BCUT2D eigenvalue weighted by Crippen LogP contribution is -2.59. The van der Waals surface area contributed by atoms with Gasteiger partial charge in [-0.2, -0.15) is 0 Å². The lowest BCUT2D eigenvalue weighted by Gasteiger charge is -2.42. The number of carbonyl (C=O) groups is 1. The molecule has 26 heavy (non-hydrogen) atoms. The van der Waals surface area contributed by atoms with Gasteiger partial charge in [-0.3, -0.25) is 9.69 Å². The van der Waals surface area contributed by atoms with Crippen LogP contribution >= 0.6 is 0 Å². The second kappa shape index (κ2) is 6.21. The van der Waals surface area contributed by atoms with Gasteiger partial charge in [0.05, 0.1) is 17.5 Å². The molecular weight excluding hydrogens is 354 g/mol. The second-order valence-electron chi connectivity index (χ2n) is 7.02. The summed E-state index contributed by atoms with van der Waals surface area (Å²) in [6.07, 6.45) is 0. The Bertz CT molecular complexity index is 939. The van der Waals surface area contributed by atoms with E-state index in [1.54, 1.807) is 11.8 Å². The van der Waals surface area contributed by atoms with Crippen LogP contribution < -0.4 is 0 Å². The van der Waals surface area contributed by atoms with E-state index in [0.29, 0.717) is 30.1 Å². The van der Waals surface area contributed by atoms with E-state index in [1.165, 1.54) is 0 Å². The molecule has 138 valence electrons. The van der Waals surface area contributed by atoms with E-state index in [4.69, 9.17) is 4.52 Å². The number of hydrogen-bond acceptors (Lipinski definition) is 6. The van der Waals surface area contributed by atoms with E-state index in [9.17, 15) is 13.2 Å². The van der Waals surface area contributed by atoms with Gasteiger partial charge >= 0.3 is 0 Å². The van der Waals surface area contributed by atoms with E-state index in [0.717, 1.165) is 5.56 Å². The predicted octanol–water partition coefficient (Wildman–Crippen LogP) is 1.20. The fourth-order valence-corrected chi connectivity index (χ4v) is 5.99. The van der Waals surface area contributed by atoms with Crippen LogP contribution in [-0.4, -0.2) is 73.0 Å². The normalized spacial score (nSPS) is 25.2. The Morgan fingerprint density at radius 3 is 2.58 bits per heavy atom. The summed E-state index contributed by atoms with van der Waals surface area (Å²) in [4.78, 5) is 17.1. The zero-order chi connectivity index (χ0) is 18.5. The van der Waals surface area contributed by atoms with Crippen LogP contribution in [0.1, 0.15) is 16.1 Å². The first-order chi connectivity index (χ1) is 12.4. The third-order valence-electron chi connectivity index (χ3n) is 5.34. The first-order valence-corrected chi connectivity index (χ1v) is 10.4. The van der Waals surface area contributed by atoms with Crippen molar-refractivity contribution in [2.75, 3.05) is 31.6 Å². The highest BCUT2D eigenvalue weighted by Crippen LogP contribution is 2.31. The second-order valence-corrected chi connectivity index (χ2v) is 9.17. The lowest BCUT2D eigenvalue weighted by molar-refractivity contribution is 0.0409. The molecule has 0 N–H and O–H groups in total. The van der Waals surface area contributed by atoms with Crippen LogP contribution in [0.15, 0.2) is 34.9 Å². The highest BCUT2D eigenvalue weighted by Gasteiger charge is 2.47. The average Bonchev–Trinajstić information content (AvgIpc) is 3.15. The van der Waals surface area contributed by atoms with Gasteiger partial charge in [0.2, 0.25) is 0 Å². The summed E-state index contributed by atoms with van der Waals surface area (Å²) in [6.45, 7) is 2.85. The molecule has 0 radical (unpaired) electrons. The van der Waals surface area contributed by atoms with Gasteiger partial charge in [-0.1, -0.05) is 35.5 Å². The van der Waals surface area contributed by atoms with Gasteiger partial charge < -0.3 is 9.42 Å². The monoisotopic (exact) mass is 375 g/mol. The number of benzene rings is 1. The predicted molar refractivity (Wildman–Crippen MR) is 96.6 cm³/mol. The number of hydrogen-bond donors (Lipinski definition) is 0. The van der Waals surface area contributed by atoms with Crippen molar-refractivity contribution in [1.29, 1.82) is 0 Å². The molecule has 0 saturated carbocycles. The summed E-state index contributed by atoms with van der Waals surface area (Å²) < 4.78 is 29.6. The molecule has 2 saturated heterocycles. The van der Waals surface area contributed by atoms with Gasteiger partial charge in [-0.05, 0) is 14.0 Å². The van der Waals surface area contributed by atoms with E-state index in [1.807, 2.05) is 42.3 Å². The molecule has 3 heterocycles. The van der Waals surface area contributed by atoms with Crippen LogP contribution in [0.4, 0.5) is 0 Å². The molecule has 7 nitrogen and oxygen atoms in total. The zero-order valence-corrected chi connectivity index (χ0v) is 15.6. The molecule has 2 aliphatic heterocycles. The van der Waals surface area contributed by atoms with Crippen molar-refractivity contribution in [2.24, 2.45) is 0 Å². The third kappa shape index (κ3) is 2.83. The first-order valence-electron chi connectivity index (χ1n) is 8.61. The van der Waals surface area contributed by atoms with Crippen LogP contribution in [0.5, 0.6) is 0 Å². The molecule has 0 aliphatic carbocycles. The Morgan fingerprint density at radius 1 is 1.15 bits per heavy atom. The highest BCUT2D eigenvalue weighted by molar-refractivity contribution is 7.91. The van der Waals surface area contributed by atoms with Gasteiger partial charge in [0.15, 0.2) is 9.84 Å². The highest BCUT2D eigenvalue weighted by atomic mass is 32.2. The number of piperazine rings is 1. The van der Waals surface area contributed by atoms with Crippen LogP contribution in [0.25, 0.3) is 11.3 Å². The van der Waals surface area contributed by atoms with E-state index in [2.05, 4.69) is 5.16 Å². The maximum Gasteiger partial charge on any atom is 0.260 e. The molecule has 0 spiro atoms. The quantitative estimate of drug-likeness (QED) is 0.784. The molecule has 2 aliphatic rings. The summed E-state index contributed by atoms with van der Waals surface area (Å²) in [7, 11) is -1.23. The van der Waals surface area contributed by atoms with Gasteiger partial charge in [0, 0.05) is 24.7 Å². The summed E-state index contributed by atoms with van der Waals surface area (Å²) in [5.41, 5.74) is 1.73. The number of aryl methyl sites for hydroxylation is 1. The maximum atomic E-state index is 13.3. The minimum Gasteiger partial charge on any atom is -0.360 e. The molecule has 2 fully saturated rings.